The quantitative estimate of drug-likeness (QED) is 0.597. The third-order valence-electron chi connectivity index (χ3n) is 6.12. The monoisotopic (exact) mass is 447 g/mol. The number of hydrogen-bond donors (Lipinski definition) is 1. The zero-order valence-corrected chi connectivity index (χ0v) is 17.7. The average molecular weight is 447 g/mol. The van der Waals surface area contributed by atoms with Gasteiger partial charge in [-0.3, -0.25) is 9.20 Å². The SMILES string of the molecule is CSc1cc(-c2cnc3c(N)nc(C(F)(F)F)cn23)cc2c1C(=O)N(C(C)C1CC1)C2. The van der Waals surface area contributed by atoms with Crippen LogP contribution in [0.2, 0.25) is 0 Å². The Kier molecular flexibility index (Phi) is 4.47. The fourth-order valence-electron chi connectivity index (χ4n) is 4.27. The third kappa shape index (κ3) is 3.24. The van der Waals surface area contributed by atoms with Gasteiger partial charge in [0, 0.05) is 29.2 Å². The highest BCUT2D eigenvalue weighted by Crippen LogP contribution is 2.41. The highest BCUT2D eigenvalue weighted by Gasteiger charge is 2.40. The van der Waals surface area contributed by atoms with Gasteiger partial charge in [-0.15, -0.1) is 11.8 Å². The van der Waals surface area contributed by atoms with Crippen molar-refractivity contribution in [2.24, 2.45) is 5.92 Å². The van der Waals surface area contributed by atoms with Gasteiger partial charge in [0.25, 0.3) is 5.91 Å². The van der Waals surface area contributed by atoms with E-state index in [2.05, 4.69) is 16.9 Å². The molecule has 6 nitrogen and oxygen atoms in total. The minimum atomic E-state index is -4.63. The van der Waals surface area contributed by atoms with Gasteiger partial charge < -0.3 is 10.6 Å². The molecule has 0 saturated heterocycles. The molecule has 2 aromatic heterocycles. The molecule has 2 aliphatic rings. The number of thioether (sulfide) groups is 1. The fraction of sp³-hybridized carbons (Fsp3) is 0.381. The van der Waals surface area contributed by atoms with Crippen molar-refractivity contribution in [3.63, 3.8) is 0 Å². The van der Waals surface area contributed by atoms with Crippen LogP contribution in [0.4, 0.5) is 19.0 Å². The number of nitrogens with two attached hydrogens (primary N) is 1. The number of nitrogens with zero attached hydrogens (tertiary/aromatic N) is 4. The van der Waals surface area contributed by atoms with Crippen LogP contribution in [0, 0.1) is 5.92 Å². The number of rotatable bonds is 4. The van der Waals surface area contributed by atoms with Crippen molar-refractivity contribution in [2.45, 2.75) is 43.4 Å². The number of carbonyl (C=O) groups is 1. The van der Waals surface area contributed by atoms with Crippen molar-refractivity contribution < 1.29 is 18.0 Å². The molecule has 1 fully saturated rings. The molecule has 3 heterocycles. The number of fused-ring (bicyclic) bond motifs is 2. The second-order valence-electron chi connectivity index (χ2n) is 8.07. The molecule has 0 spiro atoms. The van der Waals surface area contributed by atoms with Gasteiger partial charge in [0.05, 0.1) is 17.5 Å². The van der Waals surface area contributed by atoms with E-state index in [-0.39, 0.29) is 23.4 Å². The van der Waals surface area contributed by atoms with Gasteiger partial charge in [0.2, 0.25) is 0 Å². The van der Waals surface area contributed by atoms with Crippen LogP contribution in [0.1, 0.15) is 41.4 Å². The molecular weight excluding hydrogens is 427 g/mol. The summed E-state index contributed by atoms with van der Waals surface area (Å²) in [6.45, 7) is 2.58. The van der Waals surface area contributed by atoms with Gasteiger partial charge in [0.15, 0.2) is 17.2 Å². The van der Waals surface area contributed by atoms with E-state index in [4.69, 9.17) is 5.73 Å². The first-order valence-electron chi connectivity index (χ1n) is 9.92. The summed E-state index contributed by atoms with van der Waals surface area (Å²) in [4.78, 5) is 23.4. The maximum atomic E-state index is 13.3. The summed E-state index contributed by atoms with van der Waals surface area (Å²) >= 11 is 1.45. The van der Waals surface area contributed by atoms with E-state index in [0.717, 1.165) is 29.5 Å². The lowest BCUT2D eigenvalue weighted by Crippen LogP contribution is -2.34. The number of aromatic nitrogens is 3. The minimum absolute atomic E-state index is 0.0243. The van der Waals surface area contributed by atoms with Gasteiger partial charge in [-0.05, 0) is 49.6 Å². The molecule has 0 radical (unpaired) electrons. The standard InChI is InChI=1S/C21H20F3N5OS/c1-10(11-3-4-11)28-8-13-5-12(6-15(31-2)17(13)20(28)30)14-7-26-19-18(25)27-16(9-29(14)19)21(22,23)24/h5-7,9-11H,3-4,8H2,1-2H3,(H2,25,27). The van der Waals surface area contributed by atoms with Crippen molar-refractivity contribution in [1.82, 2.24) is 19.3 Å². The second kappa shape index (κ2) is 6.88. The van der Waals surface area contributed by atoms with Crippen LogP contribution >= 0.6 is 11.8 Å². The molecule has 10 heteroatoms. The third-order valence-corrected chi connectivity index (χ3v) is 6.88. The van der Waals surface area contributed by atoms with E-state index in [1.807, 2.05) is 23.3 Å². The summed E-state index contributed by atoms with van der Waals surface area (Å²) in [7, 11) is 0. The van der Waals surface area contributed by atoms with Crippen LogP contribution in [0.3, 0.4) is 0 Å². The maximum Gasteiger partial charge on any atom is 0.434 e. The molecule has 1 aliphatic carbocycles. The Morgan fingerprint density at radius 1 is 1.29 bits per heavy atom. The van der Waals surface area contributed by atoms with Gasteiger partial charge >= 0.3 is 6.18 Å². The first-order chi connectivity index (χ1) is 14.7. The van der Waals surface area contributed by atoms with Crippen LogP contribution in [0.15, 0.2) is 29.4 Å². The number of halogens is 3. The van der Waals surface area contributed by atoms with E-state index >= 15 is 0 Å². The molecule has 2 N–H and O–H groups in total. The van der Waals surface area contributed by atoms with E-state index < -0.39 is 11.9 Å². The van der Waals surface area contributed by atoms with Gasteiger partial charge in [-0.2, -0.15) is 13.2 Å². The zero-order valence-electron chi connectivity index (χ0n) is 16.9. The Morgan fingerprint density at radius 3 is 2.68 bits per heavy atom. The van der Waals surface area contributed by atoms with E-state index in [9.17, 15) is 18.0 Å². The van der Waals surface area contributed by atoms with Crippen LogP contribution in [0.25, 0.3) is 16.9 Å². The van der Waals surface area contributed by atoms with Gasteiger partial charge in [-0.1, -0.05) is 0 Å². The zero-order chi connectivity index (χ0) is 22.1. The minimum Gasteiger partial charge on any atom is -0.381 e. The smallest absolute Gasteiger partial charge is 0.381 e. The molecule has 0 bridgehead atoms. The van der Waals surface area contributed by atoms with Crippen LogP contribution in [-0.4, -0.2) is 37.5 Å². The van der Waals surface area contributed by atoms with Crippen molar-refractivity contribution in [1.29, 1.82) is 0 Å². The molecule has 1 aliphatic heterocycles. The first-order valence-corrected chi connectivity index (χ1v) is 11.1. The molecule has 162 valence electrons. The number of nitrogen functional groups attached to an aromatic ring is 1. The lowest BCUT2D eigenvalue weighted by Gasteiger charge is -2.24. The number of carbonyl (C=O) groups excluding carboxylic acids is 1. The molecule has 3 aromatic rings. The predicted octanol–water partition coefficient (Wildman–Crippen LogP) is 4.47. The highest BCUT2D eigenvalue weighted by molar-refractivity contribution is 7.98. The van der Waals surface area contributed by atoms with Crippen LogP contribution < -0.4 is 5.73 Å². The summed E-state index contributed by atoms with van der Waals surface area (Å²) in [6, 6.07) is 3.88. The average Bonchev–Trinajstić information content (AvgIpc) is 3.39. The number of anilines is 1. The summed E-state index contributed by atoms with van der Waals surface area (Å²) in [5, 5.41) is 0. The summed E-state index contributed by atoms with van der Waals surface area (Å²) in [6.07, 6.45) is 1.94. The summed E-state index contributed by atoms with van der Waals surface area (Å²) in [5.74, 6) is 0.286. The van der Waals surface area contributed by atoms with Crippen molar-refractivity contribution in [2.75, 3.05) is 12.0 Å². The topological polar surface area (TPSA) is 76.5 Å². The van der Waals surface area contributed by atoms with Crippen molar-refractivity contribution in [3.8, 4) is 11.3 Å². The van der Waals surface area contributed by atoms with Crippen molar-refractivity contribution in [3.05, 3.63) is 41.3 Å². The molecule has 5 rings (SSSR count). The van der Waals surface area contributed by atoms with Gasteiger partial charge in [-0.25, -0.2) is 9.97 Å². The molecule has 1 unspecified atom stereocenters. The van der Waals surface area contributed by atoms with E-state index in [0.29, 0.717) is 29.3 Å². The molecule has 31 heavy (non-hydrogen) atoms. The Balaban J connectivity index is 1.63. The predicted molar refractivity (Wildman–Crippen MR) is 112 cm³/mol. The van der Waals surface area contributed by atoms with Crippen LogP contribution in [0.5, 0.6) is 0 Å². The highest BCUT2D eigenvalue weighted by atomic mass is 32.2. The Morgan fingerprint density at radius 2 is 2.03 bits per heavy atom. The summed E-state index contributed by atoms with van der Waals surface area (Å²) < 4.78 is 41.1. The Bertz CT molecular complexity index is 1220. The first kappa shape index (κ1) is 20.2. The normalized spacial score (nSPS) is 17.5. The number of benzene rings is 1. The Hall–Kier alpha value is -2.75. The lowest BCUT2D eigenvalue weighted by atomic mass is 10.0. The summed E-state index contributed by atoms with van der Waals surface area (Å²) in [5.41, 5.74) is 7.55. The molecule has 1 atom stereocenters. The number of imidazole rings is 1. The Labute approximate surface area is 180 Å². The van der Waals surface area contributed by atoms with E-state index in [1.54, 1.807) is 0 Å². The largest absolute Gasteiger partial charge is 0.434 e. The number of amides is 1. The fourth-order valence-corrected chi connectivity index (χ4v) is 4.94. The second-order valence-corrected chi connectivity index (χ2v) is 8.92. The number of alkyl halides is 3. The van der Waals surface area contributed by atoms with E-state index in [1.165, 1.54) is 22.4 Å². The molecule has 1 aromatic carbocycles. The maximum absolute atomic E-state index is 13.3. The van der Waals surface area contributed by atoms with Crippen molar-refractivity contribution >= 4 is 29.1 Å². The molecule has 1 saturated carbocycles. The lowest BCUT2D eigenvalue weighted by molar-refractivity contribution is -0.141. The molecular formula is C21H20F3N5OS. The molecule has 1 amide bonds. The van der Waals surface area contributed by atoms with Gasteiger partial charge in [0.1, 0.15) is 0 Å². The van der Waals surface area contributed by atoms with Crippen LogP contribution in [-0.2, 0) is 12.7 Å². The number of hydrogen-bond acceptors (Lipinski definition) is 5.